The minimum absolute atomic E-state index is 0.0154. The highest BCUT2D eigenvalue weighted by Gasteiger charge is 2.26. The lowest BCUT2D eigenvalue weighted by molar-refractivity contribution is -0.122. The molecule has 0 fully saturated rings. The van der Waals surface area contributed by atoms with Crippen LogP contribution in [0.2, 0.25) is 0 Å². The van der Waals surface area contributed by atoms with Crippen LogP contribution in [0.1, 0.15) is 56.1 Å². The molecule has 1 aliphatic heterocycles. The maximum Gasteiger partial charge on any atom is 0.254 e. The van der Waals surface area contributed by atoms with Gasteiger partial charge in [-0.3, -0.25) is 9.59 Å². The Bertz CT molecular complexity index is 961. The summed E-state index contributed by atoms with van der Waals surface area (Å²) in [5, 5.41) is 3.13. The number of carbonyl (C=O) groups is 2. The van der Waals surface area contributed by atoms with E-state index in [9.17, 15) is 9.59 Å². The second-order valence-corrected chi connectivity index (χ2v) is 9.19. The molecular weight excluding hydrogens is 402 g/mol. The molecule has 172 valence electrons. The number of nitrogens with zero attached hydrogens (tertiary/aromatic N) is 2. The summed E-state index contributed by atoms with van der Waals surface area (Å²) in [4.78, 5) is 29.6. The topological polar surface area (TPSA) is 61.9 Å². The molecule has 32 heavy (non-hydrogen) atoms. The highest BCUT2D eigenvalue weighted by atomic mass is 16.5. The van der Waals surface area contributed by atoms with Gasteiger partial charge in [0.15, 0.2) is 0 Å². The number of nitrogens with one attached hydrogen (secondary N) is 1. The zero-order chi connectivity index (χ0) is 23.4. The number of carbonyl (C=O) groups excluding carboxylic acids is 2. The van der Waals surface area contributed by atoms with Crippen molar-refractivity contribution in [3.05, 3.63) is 53.6 Å². The van der Waals surface area contributed by atoms with Crippen LogP contribution in [0.15, 0.2) is 42.5 Å². The first-order valence-electron chi connectivity index (χ1n) is 11.3. The van der Waals surface area contributed by atoms with Crippen molar-refractivity contribution in [1.29, 1.82) is 0 Å². The number of likely N-dealkylation sites (N-methyl/N-ethyl adjacent to an activating group) is 1. The molecule has 2 aromatic rings. The smallest absolute Gasteiger partial charge is 0.254 e. The Morgan fingerprint density at radius 3 is 2.41 bits per heavy atom. The summed E-state index contributed by atoms with van der Waals surface area (Å²) >= 11 is 0. The van der Waals surface area contributed by atoms with E-state index in [1.165, 1.54) is 0 Å². The number of hydrogen-bond acceptors (Lipinski definition) is 4. The second-order valence-electron chi connectivity index (χ2n) is 9.19. The monoisotopic (exact) mass is 437 g/mol. The van der Waals surface area contributed by atoms with Crippen molar-refractivity contribution in [2.45, 2.75) is 52.2 Å². The fraction of sp³-hybridized carbons (Fsp3) is 0.462. The van der Waals surface area contributed by atoms with Crippen LogP contribution < -0.4 is 10.1 Å². The van der Waals surface area contributed by atoms with E-state index in [4.69, 9.17) is 4.74 Å². The van der Waals surface area contributed by atoms with E-state index in [0.29, 0.717) is 25.1 Å². The molecule has 0 aromatic heterocycles. The first-order chi connectivity index (χ1) is 15.2. The van der Waals surface area contributed by atoms with Gasteiger partial charge in [-0.15, -0.1) is 0 Å². The highest BCUT2D eigenvalue weighted by molar-refractivity contribution is 6.01. The number of rotatable bonds is 7. The standard InChI is InChI=1S/C26H35N3O3/c1-17(2)29(18(3)4)26(31)21-10-8-7-9-20(21)19-11-12-24-22(15-19)23(13-14-32-24)27-25(30)16-28(5)6/h7-12,15,17-18,23H,13-14,16H2,1-6H3,(H,27,30). The molecule has 0 radical (unpaired) electrons. The maximum atomic E-state index is 13.5. The van der Waals surface area contributed by atoms with Gasteiger partial charge in [-0.05, 0) is 71.1 Å². The predicted octanol–water partition coefficient (Wildman–Crippen LogP) is 4.11. The van der Waals surface area contributed by atoms with Crippen molar-refractivity contribution in [1.82, 2.24) is 15.1 Å². The van der Waals surface area contributed by atoms with E-state index in [0.717, 1.165) is 22.4 Å². The second kappa shape index (κ2) is 10.2. The third-order valence-corrected chi connectivity index (χ3v) is 5.66. The maximum absolute atomic E-state index is 13.5. The number of hydrogen-bond donors (Lipinski definition) is 1. The summed E-state index contributed by atoms with van der Waals surface area (Å²) in [6.45, 7) is 9.06. The van der Waals surface area contributed by atoms with Gasteiger partial charge in [0.2, 0.25) is 5.91 Å². The van der Waals surface area contributed by atoms with Crippen molar-refractivity contribution in [3.63, 3.8) is 0 Å². The molecule has 2 amide bonds. The average molecular weight is 438 g/mol. The molecule has 1 aliphatic rings. The summed E-state index contributed by atoms with van der Waals surface area (Å²) in [6.07, 6.45) is 0.713. The zero-order valence-corrected chi connectivity index (χ0v) is 20.0. The lowest BCUT2D eigenvalue weighted by Gasteiger charge is -2.31. The van der Waals surface area contributed by atoms with Crippen molar-refractivity contribution in [2.75, 3.05) is 27.2 Å². The Hall–Kier alpha value is -2.86. The van der Waals surface area contributed by atoms with E-state index in [1.54, 1.807) is 0 Å². The van der Waals surface area contributed by atoms with Crippen LogP contribution in [-0.4, -0.2) is 60.9 Å². The van der Waals surface area contributed by atoms with Gasteiger partial charge in [-0.1, -0.05) is 24.3 Å². The van der Waals surface area contributed by atoms with E-state index in [2.05, 4.69) is 11.4 Å². The fourth-order valence-electron chi connectivity index (χ4n) is 4.36. The Labute approximate surface area is 191 Å². The van der Waals surface area contributed by atoms with Crippen LogP contribution in [-0.2, 0) is 4.79 Å². The van der Waals surface area contributed by atoms with E-state index in [1.807, 2.05) is 88.0 Å². The number of benzene rings is 2. The Morgan fingerprint density at radius 2 is 1.75 bits per heavy atom. The molecule has 1 heterocycles. The van der Waals surface area contributed by atoms with E-state index < -0.39 is 0 Å². The Balaban J connectivity index is 1.98. The molecule has 0 saturated heterocycles. The summed E-state index contributed by atoms with van der Waals surface area (Å²) in [5.74, 6) is 0.790. The number of fused-ring (bicyclic) bond motifs is 1. The van der Waals surface area contributed by atoms with Gasteiger partial charge in [0.05, 0.1) is 19.2 Å². The summed E-state index contributed by atoms with van der Waals surface area (Å²) in [5.41, 5.74) is 3.46. The number of amides is 2. The normalized spacial score (nSPS) is 15.5. The Morgan fingerprint density at radius 1 is 1.06 bits per heavy atom. The quantitative estimate of drug-likeness (QED) is 0.708. The average Bonchev–Trinajstić information content (AvgIpc) is 2.72. The SMILES string of the molecule is CC(C)N(C(=O)c1ccccc1-c1ccc2c(c1)C(NC(=O)CN(C)C)CCO2)C(C)C. The summed E-state index contributed by atoms with van der Waals surface area (Å²) < 4.78 is 5.85. The van der Waals surface area contributed by atoms with Crippen molar-refractivity contribution in [3.8, 4) is 16.9 Å². The minimum Gasteiger partial charge on any atom is -0.493 e. The van der Waals surface area contributed by atoms with Gasteiger partial charge in [0.1, 0.15) is 5.75 Å². The van der Waals surface area contributed by atoms with Gasteiger partial charge in [-0.25, -0.2) is 0 Å². The highest BCUT2D eigenvalue weighted by Crippen LogP contribution is 2.36. The van der Waals surface area contributed by atoms with Crippen LogP contribution in [0, 0.1) is 0 Å². The third kappa shape index (κ3) is 5.30. The minimum atomic E-state index is -0.114. The first-order valence-corrected chi connectivity index (χ1v) is 11.3. The van der Waals surface area contributed by atoms with Crippen molar-refractivity contribution < 1.29 is 14.3 Å². The molecule has 0 bridgehead atoms. The van der Waals surface area contributed by atoms with Crippen LogP contribution >= 0.6 is 0 Å². The molecular formula is C26H35N3O3. The molecule has 1 atom stereocenters. The fourth-order valence-corrected chi connectivity index (χ4v) is 4.36. The molecule has 0 aliphatic carbocycles. The molecule has 1 unspecified atom stereocenters. The number of ether oxygens (including phenoxy) is 1. The lowest BCUT2D eigenvalue weighted by atomic mass is 9.92. The molecule has 6 heteroatoms. The molecule has 1 N–H and O–H groups in total. The molecule has 6 nitrogen and oxygen atoms in total. The summed E-state index contributed by atoms with van der Waals surface area (Å²) in [6, 6.07) is 13.8. The lowest BCUT2D eigenvalue weighted by Crippen LogP contribution is -2.42. The largest absolute Gasteiger partial charge is 0.493 e. The molecule has 3 rings (SSSR count). The summed E-state index contributed by atoms with van der Waals surface area (Å²) in [7, 11) is 3.75. The van der Waals surface area contributed by atoms with Crippen LogP contribution in [0.3, 0.4) is 0 Å². The van der Waals surface area contributed by atoms with E-state index in [-0.39, 0.29) is 29.9 Å². The van der Waals surface area contributed by atoms with Gasteiger partial charge >= 0.3 is 0 Å². The van der Waals surface area contributed by atoms with Gasteiger partial charge in [0, 0.05) is 29.6 Å². The van der Waals surface area contributed by atoms with Gasteiger partial charge in [-0.2, -0.15) is 0 Å². The molecule has 2 aromatic carbocycles. The first kappa shape index (κ1) is 23.8. The Kier molecular flexibility index (Phi) is 7.56. The van der Waals surface area contributed by atoms with Crippen LogP contribution in [0.5, 0.6) is 5.75 Å². The van der Waals surface area contributed by atoms with Crippen LogP contribution in [0.4, 0.5) is 0 Å². The molecule has 0 saturated carbocycles. The van der Waals surface area contributed by atoms with Crippen molar-refractivity contribution >= 4 is 11.8 Å². The zero-order valence-electron chi connectivity index (χ0n) is 20.0. The molecule has 0 spiro atoms. The van der Waals surface area contributed by atoms with Crippen LogP contribution in [0.25, 0.3) is 11.1 Å². The third-order valence-electron chi connectivity index (χ3n) is 5.66. The van der Waals surface area contributed by atoms with Gasteiger partial charge in [0.25, 0.3) is 5.91 Å². The predicted molar refractivity (Wildman–Crippen MR) is 128 cm³/mol. The van der Waals surface area contributed by atoms with Crippen molar-refractivity contribution in [2.24, 2.45) is 0 Å². The van der Waals surface area contributed by atoms with E-state index >= 15 is 0 Å². The van der Waals surface area contributed by atoms with Gasteiger partial charge < -0.3 is 19.9 Å².